The lowest BCUT2D eigenvalue weighted by molar-refractivity contribution is 0.0909. The van der Waals surface area contributed by atoms with E-state index in [1.54, 1.807) is 24.5 Å². The number of rotatable bonds is 3. The number of amides is 1. The van der Waals surface area contributed by atoms with Crippen molar-refractivity contribution in [3.63, 3.8) is 0 Å². The van der Waals surface area contributed by atoms with Crippen molar-refractivity contribution in [3.8, 4) is 0 Å². The second-order valence-electron chi connectivity index (χ2n) is 5.34. The van der Waals surface area contributed by atoms with Gasteiger partial charge in [-0.3, -0.25) is 14.8 Å². The quantitative estimate of drug-likeness (QED) is 0.884. The number of nitrogens with zero attached hydrogens (tertiary/aromatic N) is 2. The maximum absolute atomic E-state index is 12.4. The van der Waals surface area contributed by atoms with Crippen LogP contribution in [0.4, 0.5) is 0 Å². The molecule has 0 bridgehead atoms. The molecule has 0 radical (unpaired) electrons. The average molecular weight is 290 g/mol. The number of hydrogen-bond acceptors (Lipinski definition) is 3. The van der Waals surface area contributed by atoms with E-state index < -0.39 is 0 Å². The minimum atomic E-state index is -0.240. The van der Waals surface area contributed by atoms with Gasteiger partial charge in [-0.05, 0) is 31.0 Å². The Kier molecular flexibility index (Phi) is 3.57. The van der Waals surface area contributed by atoms with E-state index in [0.717, 1.165) is 36.7 Å². The van der Waals surface area contributed by atoms with E-state index in [9.17, 15) is 4.79 Å². The summed E-state index contributed by atoms with van der Waals surface area (Å²) in [6, 6.07) is 5.37. The van der Waals surface area contributed by atoms with Crippen LogP contribution in [-0.4, -0.2) is 27.3 Å². The molecule has 1 aromatic carbocycles. The first-order valence-corrected chi connectivity index (χ1v) is 7.35. The molecule has 0 unspecified atom stereocenters. The summed E-state index contributed by atoms with van der Waals surface area (Å²) in [6.45, 7) is 0. The number of nitrogens with one attached hydrogen (secondary N) is 1. The van der Waals surface area contributed by atoms with Gasteiger partial charge in [-0.2, -0.15) is 0 Å². The van der Waals surface area contributed by atoms with Crippen molar-refractivity contribution in [2.45, 2.75) is 31.2 Å². The van der Waals surface area contributed by atoms with Gasteiger partial charge in [-0.15, -0.1) is 11.6 Å². The molecule has 1 N–H and O–H groups in total. The third-order valence-electron chi connectivity index (χ3n) is 3.93. The Balaban J connectivity index is 1.85. The van der Waals surface area contributed by atoms with E-state index in [-0.39, 0.29) is 11.4 Å². The van der Waals surface area contributed by atoms with Gasteiger partial charge < -0.3 is 5.32 Å². The summed E-state index contributed by atoms with van der Waals surface area (Å²) < 4.78 is 0. The zero-order valence-corrected chi connectivity index (χ0v) is 11.9. The van der Waals surface area contributed by atoms with E-state index in [1.807, 2.05) is 6.07 Å². The van der Waals surface area contributed by atoms with Crippen molar-refractivity contribution in [2.24, 2.45) is 0 Å². The maximum Gasteiger partial charge on any atom is 0.251 e. The highest BCUT2D eigenvalue weighted by Gasteiger charge is 2.34. The first-order valence-electron chi connectivity index (χ1n) is 6.82. The largest absolute Gasteiger partial charge is 0.345 e. The van der Waals surface area contributed by atoms with Gasteiger partial charge in [-0.1, -0.05) is 12.8 Å². The van der Waals surface area contributed by atoms with Gasteiger partial charge in [0.05, 0.1) is 16.6 Å². The summed E-state index contributed by atoms with van der Waals surface area (Å²) in [7, 11) is 0. The Morgan fingerprint density at radius 1 is 1.20 bits per heavy atom. The van der Waals surface area contributed by atoms with Crippen molar-refractivity contribution in [1.82, 2.24) is 15.3 Å². The molecule has 0 saturated heterocycles. The van der Waals surface area contributed by atoms with Gasteiger partial charge in [0.2, 0.25) is 0 Å². The fraction of sp³-hybridized carbons (Fsp3) is 0.400. The number of alkyl halides is 1. The number of aromatic nitrogens is 2. The number of carbonyl (C=O) groups excluding carboxylic acids is 1. The zero-order chi connectivity index (χ0) is 14.0. The van der Waals surface area contributed by atoms with Crippen LogP contribution in [0.5, 0.6) is 0 Å². The normalized spacial score (nSPS) is 17.2. The molecule has 2 aromatic rings. The summed E-state index contributed by atoms with van der Waals surface area (Å²) in [6.07, 6.45) is 7.42. The van der Waals surface area contributed by atoms with Gasteiger partial charge in [-0.25, -0.2) is 0 Å². The molecular formula is C15H16ClN3O. The third-order valence-corrected chi connectivity index (χ3v) is 4.44. The topological polar surface area (TPSA) is 54.9 Å². The van der Waals surface area contributed by atoms with Crippen LogP contribution in [0.2, 0.25) is 0 Å². The zero-order valence-electron chi connectivity index (χ0n) is 11.1. The third kappa shape index (κ3) is 2.48. The Bertz CT molecular complexity index is 638. The summed E-state index contributed by atoms with van der Waals surface area (Å²) in [5.74, 6) is 0.381. The molecule has 1 aliphatic rings. The first kappa shape index (κ1) is 13.3. The lowest BCUT2D eigenvalue weighted by Crippen LogP contribution is -2.47. The Morgan fingerprint density at radius 3 is 2.60 bits per heavy atom. The predicted octanol–water partition coefficient (Wildman–Crippen LogP) is 2.91. The standard InChI is InChI=1S/C15H16ClN3O/c16-10-15(5-1-2-6-15)19-14(20)11-3-4-12-13(9-11)18-8-7-17-12/h3-4,7-9H,1-2,5-6,10H2,(H,19,20). The van der Waals surface area contributed by atoms with Gasteiger partial charge in [0.15, 0.2) is 0 Å². The fourth-order valence-electron chi connectivity index (χ4n) is 2.76. The molecular weight excluding hydrogens is 274 g/mol. The van der Waals surface area contributed by atoms with Gasteiger partial charge >= 0.3 is 0 Å². The smallest absolute Gasteiger partial charge is 0.251 e. The number of halogens is 1. The summed E-state index contributed by atoms with van der Waals surface area (Å²) in [5.41, 5.74) is 1.88. The average Bonchev–Trinajstić information content (AvgIpc) is 2.96. The molecule has 1 saturated carbocycles. The molecule has 3 rings (SSSR count). The van der Waals surface area contributed by atoms with Crippen LogP contribution >= 0.6 is 11.6 Å². The number of benzene rings is 1. The molecule has 104 valence electrons. The first-order chi connectivity index (χ1) is 9.72. The van der Waals surface area contributed by atoms with Crippen LogP contribution < -0.4 is 5.32 Å². The molecule has 20 heavy (non-hydrogen) atoms. The molecule has 1 amide bonds. The molecule has 1 aromatic heterocycles. The van der Waals surface area contributed by atoms with Crippen LogP contribution in [0.3, 0.4) is 0 Å². The number of fused-ring (bicyclic) bond motifs is 1. The van der Waals surface area contributed by atoms with E-state index >= 15 is 0 Å². The summed E-state index contributed by atoms with van der Waals surface area (Å²) >= 11 is 6.05. The van der Waals surface area contributed by atoms with Gasteiger partial charge in [0.25, 0.3) is 5.91 Å². The van der Waals surface area contributed by atoms with Crippen LogP contribution in [0, 0.1) is 0 Å². The van der Waals surface area contributed by atoms with Crippen LogP contribution in [0.25, 0.3) is 11.0 Å². The minimum Gasteiger partial charge on any atom is -0.345 e. The lowest BCUT2D eigenvalue weighted by Gasteiger charge is -2.27. The number of hydrogen-bond donors (Lipinski definition) is 1. The molecule has 0 aliphatic heterocycles. The van der Waals surface area contributed by atoms with E-state index in [0.29, 0.717) is 11.4 Å². The molecule has 1 heterocycles. The van der Waals surface area contributed by atoms with Crippen molar-refractivity contribution >= 4 is 28.5 Å². The monoisotopic (exact) mass is 289 g/mol. The van der Waals surface area contributed by atoms with Crippen molar-refractivity contribution < 1.29 is 4.79 Å². The van der Waals surface area contributed by atoms with Crippen molar-refractivity contribution in [2.75, 3.05) is 5.88 Å². The molecule has 1 aliphatic carbocycles. The molecule has 0 spiro atoms. The van der Waals surface area contributed by atoms with E-state index in [4.69, 9.17) is 11.6 Å². The molecule has 5 heteroatoms. The highest BCUT2D eigenvalue weighted by atomic mass is 35.5. The summed E-state index contributed by atoms with van der Waals surface area (Å²) in [4.78, 5) is 20.8. The SMILES string of the molecule is O=C(NC1(CCl)CCCC1)c1ccc2nccnc2c1. The van der Waals surface area contributed by atoms with Gasteiger partial charge in [0.1, 0.15) is 0 Å². The van der Waals surface area contributed by atoms with Crippen LogP contribution in [0.1, 0.15) is 36.0 Å². The second kappa shape index (κ2) is 5.37. The highest BCUT2D eigenvalue weighted by Crippen LogP contribution is 2.31. The Morgan fingerprint density at radius 2 is 1.90 bits per heavy atom. The van der Waals surface area contributed by atoms with E-state index in [2.05, 4.69) is 15.3 Å². The van der Waals surface area contributed by atoms with Crippen LogP contribution in [0.15, 0.2) is 30.6 Å². The molecule has 4 nitrogen and oxygen atoms in total. The highest BCUT2D eigenvalue weighted by molar-refractivity contribution is 6.19. The number of carbonyl (C=O) groups is 1. The van der Waals surface area contributed by atoms with E-state index in [1.165, 1.54) is 0 Å². The Hall–Kier alpha value is -1.68. The fourth-order valence-corrected chi connectivity index (χ4v) is 3.10. The maximum atomic E-state index is 12.4. The molecule has 1 fully saturated rings. The van der Waals surface area contributed by atoms with Crippen molar-refractivity contribution in [3.05, 3.63) is 36.2 Å². The predicted molar refractivity (Wildman–Crippen MR) is 78.9 cm³/mol. The summed E-state index contributed by atoms with van der Waals surface area (Å²) in [5, 5.41) is 3.10. The molecule has 0 atom stereocenters. The van der Waals surface area contributed by atoms with Crippen molar-refractivity contribution in [1.29, 1.82) is 0 Å². The minimum absolute atomic E-state index is 0.0832. The second-order valence-corrected chi connectivity index (χ2v) is 5.60. The Labute approximate surface area is 122 Å². The van der Waals surface area contributed by atoms with Gasteiger partial charge in [0, 0.05) is 23.8 Å². The van der Waals surface area contributed by atoms with Crippen LogP contribution in [-0.2, 0) is 0 Å². The lowest BCUT2D eigenvalue weighted by atomic mass is 9.99.